The van der Waals surface area contributed by atoms with Crippen molar-refractivity contribution in [1.29, 1.82) is 0 Å². The van der Waals surface area contributed by atoms with Crippen LogP contribution in [0.25, 0.3) is 0 Å². The van der Waals surface area contributed by atoms with Gasteiger partial charge in [0.1, 0.15) is 5.82 Å². The topological polar surface area (TPSA) is 32.5 Å². The van der Waals surface area contributed by atoms with E-state index in [0.29, 0.717) is 5.69 Å². The van der Waals surface area contributed by atoms with Crippen molar-refractivity contribution in [3.8, 4) is 0 Å². The molecule has 1 atom stereocenters. The van der Waals surface area contributed by atoms with Gasteiger partial charge in [0.25, 0.3) is 0 Å². The molecule has 106 valence electrons. The van der Waals surface area contributed by atoms with Gasteiger partial charge in [-0.05, 0) is 50.6 Å². The highest BCUT2D eigenvalue weighted by molar-refractivity contribution is 5.48. The van der Waals surface area contributed by atoms with Gasteiger partial charge in [-0.2, -0.15) is 0 Å². The van der Waals surface area contributed by atoms with E-state index in [4.69, 9.17) is 5.73 Å². The number of anilines is 1. The number of nitrogens with zero attached hydrogens (tertiary/aromatic N) is 2. The molecule has 19 heavy (non-hydrogen) atoms. The zero-order valence-corrected chi connectivity index (χ0v) is 11.9. The Bertz CT molecular complexity index is 414. The third kappa shape index (κ3) is 3.67. The maximum Gasteiger partial charge on any atom is 0.146 e. The van der Waals surface area contributed by atoms with Gasteiger partial charge < -0.3 is 15.5 Å². The van der Waals surface area contributed by atoms with E-state index in [9.17, 15) is 4.39 Å². The van der Waals surface area contributed by atoms with Crippen LogP contribution in [0.3, 0.4) is 0 Å². The zero-order valence-electron chi connectivity index (χ0n) is 11.9. The molecule has 0 unspecified atom stereocenters. The molecule has 0 amide bonds. The first-order chi connectivity index (χ1) is 9.08. The third-order valence-electron chi connectivity index (χ3n) is 3.86. The summed E-state index contributed by atoms with van der Waals surface area (Å²) in [5, 5.41) is 0. The van der Waals surface area contributed by atoms with E-state index in [1.807, 2.05) is 31.0 Å². The van der Waals surface area contributed by atoms with E-state index in [1.165, 1.54) is 25.9 Å². The van der Waals surface area contributed by atoms with Crippen LogP contribution in [-0.4, -0.2) is 38.1 Å². The summed E-state index contributed by atoms with van der Waals surface area (Å²) in [5.41, 5.74) is 7.26. The first kappa shape index (κ1) is 14.3. The van der Waals surface area contributed by atoms with Crippen LogP contribution in [0.1, 0.15) is 31.4 Å². The summed E-state index contributed by atoms with van der Waals surface area (Å²) in [7, 11) is 1.94. The lowest BCUT2D eigenvalue weighted by Crippen LogP contribution is -2.31. The largest absolute Gasteiger partial charge is 0.371 e. The number of likely N-dealkylation sites (tertiary alicyclic amines) is 1. The van der Waals surface area contributed by atoms with Crippen LogP contribution in [-0.2, 0) is 0 Å². The van der Waals surface area contributed by atoms with Crippen molar-refractivity contribution < 1.29 is 4.39 Å². The van der Waals surface area contributed by atoms with Crippen LogP contribution < -0.4 is 10.6 Å². The fourth-order valence-corrected chi connectivity index (χ4v) is 2.53. The predicted octanol–water partition coefficient (Wildman–Crippen LogP) is 2.38. The highest BCUT2D eigenvalue weighted by Gasteiger charge is 2.14. The van der Waals surface area contributed by atoms with Crippen LogP contribution in [0.2, 0.25) is 0 Å². The predicted molar refractivity (Wildman–Crippen MR) is 77.9 cm³/mol. The number of halogens is 1. The van der Waals surface area contributed by atoms with Crippen LogP contribution in [0.4, 0.5) is 10.1 Å². The Morgan fingerprint density at radius 3 is 2.63 bits per heavy atom. The van der Waals surface area contributed by atoms with Gasteiger partial charge in [-0.25, -0.2) is 4.39 Å². The molecule has 1 saturated heterocycles. The van der Waals surface area contributed by atoms with Gasteiger partial charge in [-0.3, -0.25) is 0 Å². The normalized spacial score (nSPS) is 17.7. The molecule has 3 nitrogen and oxygen atoms in total. The molecule has 1 heterocycles. The van der Waals surface area contributed by atoms with Crippen molar-refractivity contribution in [3.05, 3.63) is 29.6 Å². The molecule has 0 bridgehead atoms. The highest BCUT2D eigenvalue weighted by Crippen LogP contribution is 2.22. The second-order valence-electron chi connectivity index (χ2n) is 5.47. The smallest absolute Gasteiger partial charge is 0.146 e. The quantitative estimate of drug-likeness (QED) is 0.887. The van der Waals surface area contributed by atoms with Gasteiger partial charge in [-0.1, -0.05) is 6.07 Å². The Hall–Kier alpha value is -1.13. The van der Waals surface area contributed by atoms with Gasteiger partial charge in [0.15, 0.2) is 0 Å². The average Bonchev–Trinajstić information content (AvgIpc) is 2.88. The molecule has 0 aromatic heterocycles. The Morgan fingerprint density at radius 1 is 1.37 bits per heavy atom. The number of benzene rings is 1. The number of rotatable bonds is 5. The van der Waals surface area contributed by atoms with Gasteiger partial charge in [0.05, 0.1) is 5.69 Å². The fourth-order valence-electron chi connectivity index (χ4n) is 2.53. The lowest BCUT2D eigenvalue weighted by atomic mass is 10.1. The van der Waals surface area contributed by atoms with E-state index in [0.717, 1.165) is 18.7 Å². The summed E-state index contributed by atoms with van der Waals surface area (Å²) in [6, 6.07) is 5.17. The third-order valence-corrected chi connectivity index (χ3v) is 3.86. The van der Waals surface area contributed by atoms with Crippen molar-refractivity contribution in [3.63, 3.8) is 0 Å². The lowest BCUT2D eigenvalue weighted by molar-refractivity contribution is 0.346. The SMILES string of the molecule is C[C@H](N)c1ccc(N(C)CCN2CCCC2)c(F)c1. The van der Waals surface area contributed by atoms with Gasteiger partial charge >= 0.3 is 0 Å². The molecule has 0 saturated carbocycles. The molecule has 1 aliphatic rings. The molecule has 0 radical (unpaired) electrons. The molecule has 1 aromatic carbocycles. The Labute approximate surface area is 115 Å². The van der Waals surface area contributed by atoms with Crippen LogP contribution in [0.15, 0.2) is 18.2 Å². The molecule has 2 rings (SSSR count). The minimum absolute atomic E-state index is 0.126. The summed E-state index contributed by atoms with van der Waals surface area (Å²) >= 11 is 0. The number of likely N-dealkylation sites (N-methyl/N-ethyl adjacent to an activating group) is 1. The van der Waals surface area contributed by atoms with Crippen molar-refractivity contribution in [2.75, 3.05) is 38.1 Å². The average molecular weight is 265 g/mol. The molecule has 1 aromatic rings. The second-order valence-corrected chi connectivity index (χ2v) is 5.47. The summed E-state index contributed by atoms with van der Waals surface area (Å²) < 4.78 is 14.1. The van der Waals surface area contributed by atoms with Crippen LogP contribution in [0, 0.1) is 5.82 Å². The molecular weight excluding hydrogens is 241 g/mol. The molecule has 1 fully saturated rings. The molecule has 0 aliphatic carbocycles. The van der Waals surface area contributed by atoms with Crippen molar-refractivity contribution in [1.82, 2.24) is 4.90 Å². The highest BCUT2D eigenvalue weighted by atomic mass is 19.1. The first-order valence-electron chi connectivity index (χ1n) is 7.06. The molecular formula is C15H24FN3. The summed E-state index contributed by atoms with van der Waals surface area (Å²) in [5.74, 6) is -0.182. The van der Waals surface area contributed by atoms with Crippen molar-refractivity contribution in [2.24, 2.45) is 5.73 Å². The molecule has 1 aliphatic heterocycles. The van der Waals surface area contributed by atoms with Gasteiger partial charge in [0, 0.05) is 26.2 Å². The number of nitrogens with two attached hydrogens (primary N) is 1. The molecule has 2 N–H and O–H groups in total. The van der Waals surface area contributed by atoms with E-state index < -0.39 is 0 Å². The Morgan fingerprint density at radius 2 is 2.05 bits per heavy atom. The molecule has 0 spiro atoms. The molecule has 4 heteroatoms. The number of hydrogen-bond donors (Lipinski definition) is 1. The fraction of sp³-hybridized carbons (Fsp3) is 0.600. The summed E-state index contributed by atoms with van der Waals surface area (Å²) in [4.78, 5) is 4.42. The lowest BCUT2D eigenvalue weighted by Gasteiger charge is -2.24. The van der Waals surface area contributed by atoms with Crippen LogP contribution in [0.5, 0.6) is 0 Å². The second kappa shape index (κ2) is 6.35. The van der Waals surface area contributed by atoms with E-state index in [2.05, 4.69) is 4.90 Å². The first-order valence-corrected chi connectivity index (χ1v) is 7.06. The minimum Gasteiger partial charge on any atom is -0.371 e. The minimum atomic E-state index is -0.182. The van der Waals surface area contributed by atoms with E-state index in [-0.39, 0.29) is 11.9 Å². The summed E-state index contributed by atoms with van der Waals surface area (Å²) in [6.07, 6.45) is 2.59. The van der Waals surface area contributed by atoms with Gasteiger partial charge in [0.2, 0.25) is 0 Å². The zero-order chi connectivity index (χ0) is 13.8. The Balaban J connectivity index is 1.96. The number of hydrogen-bond acceptors (Lipinski definition) is 3. The maximum absolute atomic E-state index is 14.1. The van der Waals surface area contributed by atoms with Crippen molar-refractivity contribution >= 4 is 5.69 Å². The standard InChI is InChI=1S/C15H24FN3/c1-12(17)13-5-6-15(14(16)11-13)18(2)9-10-19-7-3-4-8-19/h5-6,11-12H,3-4,7-10,17H2,1-2H3/t12-/m0/s1. The monoisotopic (exact) mass is 265 g/mol. The Kier molecular flexibility index (Phi) is 4.77. The van der Waals surface area contributed by atoms with Crippen LogP contribution >= 0.6 is 0 Å². The van der Waals surface area contributed by atoms with Gasteiger partial charge in [-0.15, -0.1) is 0 Å². The summed E-state index contributed by atoms with van der Waals surface area (Å²) in [6.45, 7) is 6.09. The van der Waals surface area contributed by atoms with E-state index in [1.54, 1.807) is 6.07 Å². The maximum atomic E-state index is 14.1. The van der Waals surface area contributed by atoms with Crippen molar-refractivity contribution in [2.45, 2.75) is 25.8 Å². The van der Waals surface area contributed by atoms with E-state index >= 15 is 0 Å².